The standard InChI is InChI=1S/C11H20FN/c1-9-4-5-10(9)13-8-11(12)6-2-3-7-11/h9-10,13H,2-8H2,1H3. The van der Waals surface area contributed by atoms with Crippen molar-refractivity contribution < 1.29 is 4.39 Å². The first kappa shape index (κ1) is 9.45. The van der Waals surface area contributed by atoms with Gasteiger partial charge in [0, 0.05) is 12.6 Å². The van der Waals surface area contributed by atoms with Gasteiger partial charge in [-0.25, -0.2) is 4.39 Å². The molecular formula is C11H20FN. The van der Waals surface area contributed by atoms with Gasteiger partial charge in [-0.15, -0.1) is 0 Å². The molecule has 13 heavy (non-hydrogen) atoms. The van der Waals surface area contributed by atoms with E-state index in [2.05, 4.69) is 12.2 Å². The zero-order valence-corrected chi connectivity index (χ0v) is 8.48. The van der Waals surface area contributed by atoms with Crippen molar-refractivity contribution in [2.75, 3.05) is 6.54 Å². The van der Waals surface area contributed by atoms with Crippen molar-refractivity contribution in [1.82, 2.24) is 5.32 Å². The van der Waals surface area contributed by atoms with Crippen LogP contribution in [0, 0.1) is 5.92 Å². The van der Waals surface area contributed by atoms with Gasteiger partial charge in [-0.2, -0.15) is 0 Å². The smallest absolute Gasteiger partial charge is 0.123 e. The lowest BCUT2D eigenvalue weighted by molar-refractivity contribution is 0.135. The fraction of sp³-hybridized carbons (Fsp3) is 1.00. The zero-order chi connectivity index (χ0) is 9.31. The molecule has 76 valence electrons. The molecule has 0 aromatic carbocycles. The van der Waals surface area contributed by atoms with Gasteiger partial charge in [0.1, 0.15) is 5.67 Å². The summed E-state index contributed by atoms with van der Waals surface area (Å²) >= 11 is 0. The first-order valence-electron chi connectivity index (χ1n) is 5.62. The second-order valence-electron chi connectivity index (χ2n) is 4.90. The van der Waals surface area contributed by atoms with E-state index in [9.17, 15) is 4.39 Å². The maximum absolute atomic E-state index is 13.9. The molecule has 0 aromatic heterocycles. The van der Waals surface area contributed by atoms with Crippen molar-refractivity contribution in [2.24, 2.45) is 5.92 Å². The fourth-order valence-electron chi connectivity index (χ4n) is 2.47. The Labute approximate surface area is 80.1 Å². The van der Waals surface area contributed by atoms with E-state index in [1.54, 1.807) is 0 Å². The highest BCUT2D eigenvalue weighted by Gasteiger charge is 2.35. The Balaban J connectivity index is 1.72. The molecule has 0 spiro atoms. The molecule has 2 aliphatic rings. The molecule has 1 N–H and O–H groups in total. The number of hydrogen-bond acceptors (Lipinski definition) is 1. The van der Waals surface area contributed by atoms with E-state index < -0.39 is 5.67 Å². The Morgan fingerprint density at radius 2 is 2.00 bits per heavy atom. The Morgan fingerprint density at radius 1 is 1.31 bits per heavy atom. The van der Waals surface area contributed by atoms with Crippen molar-refractivity contribution in [3.05, 3.63) is 0 Å². The second kappa shape index (κ2) is 3.56. The molecule has 2 rings (SSSR count). The van der Waals surface area contributed by atoms with Gasteiger partial charge < -0.3 is 5.32 Å². The summed E-state index contributed by atoms with van der Waals surface area (Å²) in [5.74, 6) is 0.769. The third kappa shape index (κ3) is 2.04. The number of alkyl halides is 1. The van der Waals surface area contributed by atoms with Crippen molar-refractivity contribution in [2.45, 2.75) is 57.2 Å². The first-order valence-corrected chi connectivity index (χ1v) is 5.62. The molecule has 0 saturated heterocycles. The Hall–Kier alpha value is -0.110. The van der Waals surface area contributed by atoms with Crippen molar-refractivity contribution >= 4 is 0 Å². The second-order valence-corrected chi connectivity index (χ2v) is 4.90. The minimum Gasteiger partial charge on any atom is -0.311 e. The molecule has 2 atom stereocenters. The quantitative estimate of drug-likeness (QED) is 0.712. The highest BCUT2D eigenvalue weighted by molar-refractivity contribution is 4.91. The largest absolute Gasteiger partial charge is 0.311 e. The van der Waals surface area contributed by atoms with Crippen LogP contribution >= 0.6 is 0 Å². The average molecular weight is 185 g/mol. The molecule has 2 saturated carbocycles. The molecule has 0 heterocycles. The summed E-state index contributed by atoms with van der Waals surface area (Å²) in [7, 11) is 0. The average Bonchev–Trinajstić information content (AvgIpc) is 2.50. The van der Waals surface area contributed by atoms with Crippen LogP contribution in [0.25, 0.3) is 0 Å². The maximum atomic E-state index is 13.9. The van der Waals surface area contributed by atoms with Crippen LogP contribution in [0.1, 0.15) is 45.4 Å². The Morgan fingerprint density at radius 3 is 2.46 bits per heavy atom. The van der Waals surface area contributed by atoms with Crippen LogP contribution in [0.5, 0.6) is 0 Å². The third-order valence-corrected chi connectivity index (χ3v) is 3.80. The normalized spacial score (nSPS) is 37.4. The van der Waals surface area contributed by atoms with Crippen LogP contribution in [0.4, 0.5) is 4.39 Å². The molecule has 2 fully saturated rings. The lowest BCUT2D eigenvalue weighted by Gasteiger charge is -2.36. The molecule has 0 amide bonds. The Bertz CT molecular complexity index is 175. The molecule has 0 aliphatic heterocycles. The summed E-state index contributed by atoms with van der Waals surface area (Å²) in [6.45, 7) is 2.85. The van der Waals surface area contributed by atoms with Crippen molar-refractivity contribution in [3.63, 3.8) is 0 Å². The summed E-state index contributed by atoms with van der Waals surface area (Å²) in [4.78, 5) is 0. The molecular weight excluding hydrogens is 165 g/mol. The van der Waals surface area contributed by atoms with Gasteiger partial charge in [0.25, 0.3) is 0 Å². The lowest BCUT2D eigenvalue weighted by Crippen LogP contribution is -2.47. The van der Waals surface area contributed by atoms with Crippen LogP contribution < -0.4 is 5.32 Å². The van der Waals surface area contributed by atoms with Crippen LogP contribution in [-0.4, -0.2) is 18.3 Å². The molecule has 0 bridgehead atoms. The topological polar surface area (TPSA) is 12.0 Å². The van der Waals surface area contributed by atoms with Gasteiger partial charge in [0.2, 0.25) is 0 Å². The van der Waals surface area contributed by atoms with Gasteiger partial charge in [-0.05, 0) is 31.6 Å². The molecule has 2 unspecified atom stereocenters. The maximum Gasteiger partial charge on any atom is 0.123 e. The minimum absolute atomic E-state index is 0.599. The van der Waals surface area contributed by atoms with E-state index in [-0.39, 0.29) is 0 Å². The van der Waals surface area contributed by atoms with E-state index in [1.165, 1.54) is 12.8 Å². The van der Waals surface area contributed by atoms with Gasteiger partial charge in [-0.3, -0.25) is 0 Å². The van der Waals surface area contributed by atoms with Crippen LogP contribution in [-0.2, 0) is 0 Å². The Kier molecular flexibility index (Phi) is 2.59. The summed E-state index contributed by atoms with van der Waals surface area (Å²) < 4.78 is 13.9. The van der Waals surface area contributed by atoms with Crippen molar-refractivity contribution in [1.29, 1.82) is 0 Å². The summed E-state index contributed by atoms with van der Waals surface area (Å²) in [6, 6.07) is 0.605. The summed E-state index contributed by atoms with van der Waals surface area (Å²) in [6.07, 6.45) is 6.28. The molecule has 2 heteroatoms. The predicted molar refractivity (Wildman–Crippen MR) is 52.5 cm³/mol. The van der Waals surface area contributed by atoms with Gasteiger partial charge in [-0.1, -0.05) is 19.8 Å². The monoisotopic (exact) mass is 185 g/mol. The number of nitrogens with one attached hydrogen (secondary N) is 1. The number of rotatable bonds is 3. The first-order chi connectivity index (χ1) is 6.20. The summed E-state index contributed by atoms with van der Waals surface area (Å²) in [5.41, 5.74) is -0.866. The van der Waals surface area contributed by atoms with Crippen LogP contribution in [0.15, 0.2) is 0 Å². The fourth-order valence-corrected chi connectivity index (χ4v) is 2.47. The van der Waals surface area contributed by atoms with Crippen LogP contribution in [0.3, 0.4) is 0 Å². The molecule has 2 aliphatic carbocycles. The molecule has 0 radical (unpaired) electrons. The van der Waals surface area contributed by atoms with E-state index in [4.69, 9.17) is 0 Å². The minimum atomic E-state index is -0.866. The lowest BCUT2D eigenvalue weighted by atomic mass is 9.81. The van der Waals surface area contributed by atoms with Gasteiger partial charge in [0.05, 0.1) is 0 Å². The van der Waals surface area contributed by atoms with E-state index in [0.717, 1.165) is 31.6 Å². The zero-order valence-electron chi connectivity index (χ0n) is 8.48. The highest BCUT2D eigenvalue weighted by atomic mass is 19.1. The van der Waals surface area contributed by atoms with E-state index in [1.807, 2.05) is 0 Å². The highest BCUT2D eigenvalue weighted by Crippen LogP contribution is 2.34. The molecule has 0 aromatic rings. The predicted octanol–water partition coefficient (Wildman–Crippen LogP) is 2.66. The van der Waals surface area contributed by atoms with E-state index in [0.29, 0.717) is 12.6 Å². The van der Waals surface area contributed by atoms with E-state index >= 15 is 0 Å². The third-order valence-electron chi connectivity index (χ3n) is 3.80. The van der Waals surface area contributed by atoms with Crippen molar-refractivity contribution in [3.8, 4) is 0 Å². The van der Waals surface area contributed by atoms with Gasteiger partial charge in [0.15, 0.2) is 0 Å². The number of halogens is 1. The SMILES string of the molecule is CC1CCC1NCC1(F)CCCC1. The number of hydrogen-bond donors (Lipinski definition) is 1. The van der Waals surface area contributed by atoms with Crippen LogP contribution in [0.2, 0.25) is 0 Å². The molecule has 1 nitrogen and oxygen atoms in total. The summed E-state index contributed by atoms with van der Waals surface area (Å²) in [5, 5.41) is 3.38. The van der Waals surface area contributed by atoms with Gasteiger partial charge >= 0.3 is 0 Å².